The molecule has 33 heavy (non-hydrogen) atoms. The quantitative estimate of drug-likeness (QED) is 0.299. The first-order valence-corrected chi connectivity index (χ1v) is 12.8. The van der Waals surface area contributed by atoms with Crippen molar-refractivity contribution in [3.05, 3.63) is 75.2 Å². The lowest BCUT2D eigenvalue weighted by Gasteiger charge is -2.39. The summed E-state index contributed by atoms with van der Waals surface area (Å²) in [6, 6.07) is 15.2. The highest BCUT2D eigenvalue weighted by atomic mass is 31.2. The zero-order valence-electron chi connectivity index (χ0n) is 20.1. The predicted octanol–water partition coefficient (Wildman–Crippen LogP) is 6.17. The average Bonchev–Trinajstić information content (AvgIpc) is 3.20. The third kappa shape index (κ3) is 3.40. The Hall–Kier alpha value is -2.96. The summed E-state index contributed by atoms with van der Waals surface area (Å²) in [5, 5.41) is 17.6. The molecule has 2 aromatic rings. The van der Waals surface area contributed by atoms with Crippen LogP contribution in [0, 0.1) is 10.1 Å². The molecule has 9 heteroatoms. The van der Waals surface area contributed by atoms with Crippen LogP contribution in [0.5, 0.6) is 0 Å². The maximum atomic E-state index is 11.8. The van der Waals surface area contributed by atoms with E-state index in [1.807, 2.05) is 18.0 Å². The number of likely N-dealkylation sites (N-methyl/N-ethyl adjacent to an activating group) is 1. The van der Waals surface area contributed by atoms with Gasteiger partial charge in [0.15, 0.2) is 7.36 Å². The molecule has 0 radical (unpaired) electrons. The zero-order chi connectivity index (χ0) is 24.0. The van der Waals surface area contributed by atoms with Crippen molar-refractivity contribution in [1.82, 2.24) is 9.45 Å². The number of nitro groups is 1. The van der Waals surface area contributed by atoms with Gasteiger partial charge in [-0.05, 0) is 17.7 Å². The summed E-state index contributed by atoms with van der Waals surface area (Å²) in [4.78, 5) is 13.7. The van der Waals surface area contributed by atoms with Crippen LogP contribution in [0.15, 0.2) is 69.4 Å². The molecule has 8 nitrogen and oxygen atoms in total. The molecule has 0 aromatic heterocycles. The van der Waals surface area contributed by atoms with Gasteiger partial charge in [-0.1, -0.05) is 58.0 Å². The van der Waals surface area contributed by atoms with E-state index in [0.717, 1.165) is 29.8 Å². The number of nitro benzene ring substituents is 1. The van der Waals surface area contributed by atoms with E-state index in [4.69, 9.17) is 9.85 Å². The summed E-state index contributed by atoms with van der Waals surface area (Å²) < 4.78 is 9.48. The smallest absolute Gasteiger partial charge is 0.294 e. The molecule has 0 bridgehead atoms. The number of hydrogen-bond acceptors (Lipinski definition) is 5. The highest BCUT2D eigenvalue weighted by molar-refractivity contribution is 7.67. The summed E-state index contributed by atoms with van der Waals surface area (Å²) in [6.45, 7) is 10.2. The molecule has 1 atom stereocenters. The van der Waals surface area contributed by atoms with Crippen LogP contribution in [0.1, 0.15) is 33.3 Å². The molecule has 2 heterocycles. The Balaban J connectivity index is 2.10. The van der Waals surface area contributed by atoms with Crippen LogP contribution in [0.3, 0.4) is 0 Å². The Bertz CT molecular complexity index is 1210. The van der Waals surface area contributed by atoms with Gasteiger partial charge in [-0.25, -0.2) is 14.2 Å². The maximum absolute atomic E-state index is 11.8. The van der Waals surface area contributed by atoms with Crippen molar-refractivity contribution in [3.63, 3.8) is 0 Å². The molecule has 0 fully saturated rings. The minimum absolute atomic E-state index is 0.0102. The number of hydrazone groups is 1. The lowest BCUT2D eigenvalue weighted by atomic mass is 9.84. The number of fused-ring (bicyclic) bond motifs is 1. The van der Waals surface area contributed by atoms with Crippen molar-refractivity contribution in [2.24, 2.45) is 9.85 Å². The molecule has 0 spiro atoms. The van der Waals surface area contributed by atoms with Crippen molar-refractivity contribution in [3.8, 4) is 0 Å². The number of allylic oxidation sites excluding steroid dienone is 2. The first-order valence-electron chi connectivity index (χ1n) is 11.2. The molecule has 2 aliphatic rings. The third-order valence-corrected chi connectivity index (χ3v) is 10.4. The van der Waals surface area contributed by atoms with Gasteiger partial charge in [0, 0.05) is 50.1 Å². The summed E-state index contributed by atoms with van der Waals surface area (Å²) >= 11 is 0. The highest BCUT2D eigenvalue weighted by Crippen LogP contribution is 2.69. The summed E-state index contributed by atoms with van der Waals surface area (Å²) in [6.07, 6.45) is 1.92. The largest absolute Gasteiger partial charge is 0.346 e. The fourth-order valence-corrected chi connectivity index (χ4v) is 8.81. The number of para-hydroxylation sites is 2. The van der Waals surface area contributed by atoms with Gasteiger partial charge in [-0.2, -0.15) is 5.10 Å². The second-order valence-corrected chi connectivity index (χ2v) is 11.7. The highest BCUT2D eigenvalue weighted by Gasteiger charge is 2.48. The van der Waals surface area contributed by atoms with E-state index in [2.05, 4.69) is 68.6 Å². The summed E-state index contributed by atoms with van der Waals surface area (Å²) in [7, 11) is 1.38. The number of anilines is 1. The Kier molecular flexibility index (Phi) is 5.93. The zero-order valence-corrected chi connectivity index (χ0v) is 21.0. The molecular weight excluding hydrogens is 435 g/mol. The molecule has 0 amide bonds. The summed E-state index contributed by atoms with van der Waals surface area (Å²) in [5.41, 5.74) is 3.68. The number of benzene rings is 2. The van der Waals surface area contributed by atoms with Gasteiger partial charge in [0.1, 0.15) is 5.69 Å². The minimum atomic E-state index is -2.64. The van der Waals surface area contributed by atoms with Crippen LogP contribution in [-0.4, -0.2) is 47.8 Å². The van der Waals surface area contributed by atoms with E-state index in [1.54, 1.807) is 18.2 Å². The van der Waals surface area contributed by atoms with Gasteiger partial charge in [-0.15, -0.1) is 0 Å². The van der Waals surface area contributed by atoms with E-state index in [9.17, 15) is 10.1 Å². The van der Waals surface area contributed by atoms with Crippen molar-refractivity contribution in [1.29, 1.82) is 0 Å². The average molecular weight is 467 g/mol. The van der Waals surface area contributed by atoms with Crippen LogP contribution in [0.4, 0.5) is 17.1 Å². The Morgan fingerprint density at radius 1 is 1.09 bits per heavy atom. The summed E-state index contributed by atoms with van der Waals surface area (Å²) in [5.74, 6) is 0. The van der Waals surface area contributed by atoms with E-state index in [-0.39, 0.29) is 16.0 Å². The van der Waals surface area contributed by atoms with Crippen LogP contribution in [-0.2, 0) is 5.41 Å². The molecule has 0 saturated heterocycles. The molecule has 2 aliphatic heterocycles. The molecule has 0 aliphatic carbocycles. The minimum Gasteiger partial charge on any atom is -0.346 e. The fraction of sp³-hybridized carbons (Fsp3) is 0.375. The molecule has 2 aromatic carbocycles. The predicted molar refractivity (Wildman–Crippen MR) is 136 cm³/mol. The van der Waals surface area contributed by atoms with Gasteiger partial charge in [0.05, 0.1) is 16.5 Å². The standard InChI is InChI=1S/C24H31N6O2P/c1-7-29(8-2)33(26-19-14-10-12-16-21(19)30(31)32)22(17-25-28(33)6)23-24(3,4)18-13-9-11-15-20(18)27(23)5/h9-17H,7-8H2,1-6H3/b23-22-. The van der Waals surface area contributed by atoms with Gasteiger partial charge in [0.25, 0.3) is 5.69 Å². The molecule has 1 unspecified atom stereocenters. The van der Waals surface area contributed by atoms with Crippen LogP contribution in [0.25, 0.3) is 0 Å². The first kappa shape index (κ1) is 23.2. The van der Waals surface area contributed by atoms with Crippen LogP contribution in [0.2, 0.25) is 0 Å². The van der Waals surface area contributed by atoms with Gasteiger partial charge >= 0.3 is 0 Å². The Labute approximate surface area is 195 Å². The lowest BCUT2D eigenvalue weighted by molar-refractivity contribution is -0.384. The number of rotatable bonds is 5. The fourth-order valence-electron chi connectivity index (χ4n) is 5.09. The molecule has 0 N–H and O–H groups in total. The maximum Gasteiger partial charge on any atom is 0.294 e. The van der Waals surface area contributed by atoms with Crippen LogP contribution >= 0.6 is 7.36 Å². The second kappa shape index (κ2) is 8.43. The second-order valence-electron chi connectivity index (χ2n) is 8.72. The van der Waals surface area contributed by atoms with E-state index < -0.39 is 7.36 Å². The molecule has 174 valence electrons. The van der Waals surface area contributed by atoms with Crippen molar-refractivity contribution in [2.75, 3.05) is 32.1 Å². The van der Waals surface area contributed by atoms with E-state index >= 15 is 0 Å². The monoisotopic (exact) mass is 466 g/mol. The van der Waals surface area contributed by atoms with Gasteiger partial charge < -0.3 is 4.90 Å². The van der Waals surface area contributed by atoms with Gasteiger partial charge in [-0.3, -0.25) is 10.1 Å². The molecule has 0 saturated carbocycles. The topological polar surface area (TPSA) is 77.6 Å². The number of nitrogens with zero attached hydrogens (tertiary/aromatic N) is 6. The van der Waals surface area contributed by atoms with Crippen molar-refractivity contribution >= 4 is 30.6 Å². The van der Waals surface area contributed by atoms with Crippen molar-refractivity contribution < 1.29 is 4.92 Å². The van der Waals surface area contributed by atoms with E-state index in [1.165, 1.54) is 11.6 Å². The van der Waals surface area contributed by atoms with Crippen molar-refractivity contribution in [2.45, 2.75) is 33.1 Å². The third-order valence-electron chi connectivity index (χ3n) is 6.63. The SMILES string of the molecule is CCN(CC)P1(=Nc2ccccc2[N+](=O)[O-])/C(=C2\N(C)c3ccccc3C2(C)C)C=NN1C. The lowest BCUT2D eigenvalue weighted by Crippen LogP contribution is -2.30. The molecular formula is C24H31N6O2P. The Morgan fingerprint density at radius 3 is 2.36 bits per heavy atom. The van der Waals surface area contributed by atoms with Gasteiger partial charge in [0.2, 0.25) is 0 Å². The van der Waals surface area contributed by atoms with E-state index in [0.29, 0.717) is 5.69 Å². The normalized spacial score (nSPS) is 23.4. The number of hydrogen-bond donors (Lipinski definition) is 0. The van der Waals surface area contributed by atoms with Crippen LogP contribution < -0.4 is 4.90 Å². The first-order chi connectivity index (χ1) is 15.7. The molecule has 4 rings (SSSR count). The Morgan fingerprint density at radius 2 is 1.73 bits per heavy atom.